The number of carboxylic acids is 1. The first-order valence-corrected chi connectivity index (χ1v) is 10.2. The second kappa shape index (κ2) is 9.93. The summed E-state index contributed by atoms with van der Waals surface area (Å²) in [7, 11) is 0. The zero-order chi connectivity index (χ0) is 28.8. The molecule has 0 fully saturated rings. The quantitative estimate of drug-likeness (QED) is 0.311. The van der Waals surface area contributed by atoms with Crippen molar-refractivity contribution in [1.29, 1.82) is 0 Å². The fourth-order valence-corrected chi connectivity index (χ4v) is 4.35. The van der Waals surface area contributed by atoms with E-state index in [-0.39, 0.29) is 5.15 Å². The van der Waals surface area contributed by atoms with E-state index in [4.69, 9.17) is 39.9 Å². The Bertz CT molecular complexity index is 1380. The molecule has 0 saturated heterocycles. The molecule has 0 saturated carbocycles. The minimum absolute atomic E-state index is 0.252. The summed E-state index contributed by atoms with van der Waals surface area (Å²) in [6.45, 7) is 2.17. The Morgan fingerprint density at radius 2 is 2.19 bits per heavy atom. The summed E-state index contributed by atoms with van der Waals surface area (Å²) in [6.07, 6.45) is -8.15. The molecule has 1 aliphatic rings. The van der Waals surface area contributed by atoms with Crippen LogP contribution >= 0.6 is 22.9 Å². The number of fused-ring (bicyclic) bond motifs is 1. The van der Waals surface area contributed by atoms with Gasteiger partial charge in [0.15, 0.2) is 0 Å². The zero-order valence-corrected chi connectivity index (χ0v) is 18.0. The molecule has 6 nitrogen and oxygen atoms in total. The molecule has 3 aromatic rings. The molecule has 2 atom stereocenters. The van der Waals surface area contributed by atoms with Gasteiger partial charge in [0, 0.05) is 28.4 Å². The summed E-state index contributed by atoms with van der Waals surface area (Å²) < 4.78 is 87.2. The van der Waals surface area contributed by atoms with Crippen LogP contribution in [0.2, 0.25) is 5.15 Å². The van der Waals surface area contributed by atoms with E-state index in [1.54, 1.807) is 25.3 Å². The Morgan fingerprint density at radius 1 is 1.50 bits per heavy atom. The molecular weight excluding hydrogens is 467 g/mol. The number of thiophene rings is 1. The van der Waals surface area contributed by atoms with Crippen LogP contribution in [0.3, 0.4) is 0 Å². The average Bonchev–Trinajstić information content (AvgIpc) is 3.44. The number of nitrogens with two attached hydrogens (primary N) is 1. The average molecular weight is 494 g/mol. The Hall–Kier alpha value is -2.56. The molecule has 0 aromatic carbocycles. The second-order valence-corrected chi connectivity index (χ2v) is 7.98. The number of allylic oxidation sites excluding steroid dienone is 1. The fourth-order valence-electron chi connectivity index (χ4n) is 2.82. The number of pyridine rings is 1. The molecule has 4 N–H and O–H groups in total. The van der Waals surface area contributed by atoms with Gasteiger partial charge in [0.1, 0.15) is 10.9 Å². The van der Waals surface area contributed by atoms with Gasteiger partial charge in [0.25, 0.3) is 0 Å². The van der Waals surface area contributed by atoms with Gasteiger partial charge in [-0.1, -0.05) is 23.7 Å². The minimum Gasteiger partial charge on any atom is -0.475 e. The first kappa shape index (κ1) is 17.0. The Morgan fingerprint density at radius 3 is 2.81 bits per heavy atom. The van der Waals surface area contributed by atoms with Crippen molar-refractivity contribution < 1.29 is 35.7 Å². The molecule has 11 heteroatoms. The van der Waals surface area contributed by atoms with Crippen LogP contribution in [0.1, 0.15) is 43.1 Å². The third-order valence-electron chi connectivity index (χ3n) is 4.32. The zero-order valence-electron chi connectivity index (χ0n) is 22.4. The lowest BCUT2D eigenvalue weighted by Crippen LogP contribution is -2.29. The monoisotopic (exact) mass is 493 g/mol. The van der Waals surface area contributed by atoms with Crippen molar-refractivity contribution in [3.05, 3.63) is 57.9 Å². The van der Waals surface area contributed by atoms with Crippen LogP contribution in [0.4, 0.5) is 18.9 Å². The Kier molecular flexibility index (Phi) is 5.27. The summed E-state index contributed by atoms with van der Waals surface area (Å²) in [5.41, 5.74) is 8.05. The SMILES string of the molecule is O=C(O)C(F)(F)F.[2H]C1=C([2H])C([2H])([2H])[C@H](c2sc3c(NCc4ccco4)cc(Cl)nc3c2C)[C@@H](N)C1([2H])[2H]. The summed E-state index contributed by atoms with van der Waals surface area (Å²) in [6, 6.07) is 2.53. The van der Waals surface area contributed by atoms with E-state index in [2.05, 4.69) is 10.3 Å². The predicted molar refractivity (Wildman–Crippen MR) is 118 cm³/mol. The maximum Gasteiger partial charge on any atom is 0.490 e. The topological polar surface area (TPSA) is 101 Å². The number of anilines is 1. The number of aromatic nitrogens is 1. The van der Waals surface area contributed by atoms with E-state index in [1.807, 2.05) is 6.07 Å². The molecule has 32 heavy (non-hydrogen) atoms. The maximum atomic E-state index is 10.6. The summed E-state index contributed by atoms with van der Waals surface area (Å²) >= 11 is 7.48. The number of halogens is 4. The van der Waals surface area contributed by atoms with Crippen LogP contribution in [-0.4, -0.2) is 28.3 Å². The molecule has 0 bridgehead atoms. The number of rotatable bonds is 4. The molecule has 172 valence electrons. The second-order valence-electron chi connectivity index (χ2n) is 6.54. The first-order chi connectivity index (χ1) is 17.4. The molecule has 0 spiro atoms. The highest BCUT2D eigenvalue weighted by Gasteiger charge is 2.38. The van der Waals surface area contributed by atoms with Crippen molar-refractivity contribution >= 4 is 44.8 Å². The van der Waals surface area contributed by atoms with Gasteiger partial charge in [-0.2, -0.15) is 13.2 Å². The number of nitrogens with zero attached hydrogens (tertiary/aromatic N) is 1. The fraction of sp³-hybridized carbons (Fsp3) is 0.333. The van der Waals surface area contributed by atoms with E-state index in [0.29, 0.717) is 28.2 Å². The van der Waals surface area contributed by atoms with Gasteiger partial charge in [-0.3, -0.25) is 0 Å². The summed E-state index contributed by atoms with van der Waals surface area (Å²) in [5, 5.41) is 10.6. The molecular formula is C21H21ClF3N3O3S. The van der Waals surface area contributed by atoms with E-state index in [1.165, 1.54) is 11.3 Å². The van der Waals surface area contributed by atoms with E-state index in [9.17, 15) is 13.2 Å². The number of hydrogen-bond acceptors (Lipinski definition) is 6. The molecule has 0 radical (unpaired) electrons. The summed E-state index contributed by atoms with van der Waals surface area (Å²) in [4.78, 5) is 13.8. The van der Waals surface area contributed by atoms with Gasteiger partial charge >= 0.3 is 12.1 Å². The van der Waals surface area contributed by atoms with Crippen LogP contribution in [0.15, 0.2) is 41.0 Å². The van der Waals surface area contributed by atoms with Crippen LogP contribution in [0.5, 0.6) is 0 Å². The number of hydrogen-bond donors (Lipinski definition) is 3. The third-order valence-corrected chi connectivity index (χ3v) is 5.92. The van der Waals surface area contributed by atoms with Crippen molar-refractivity contribution in [2.75, 3.05) is 5.32 Å². The first-order valence-electron chi connectivity index (χ1n) is 12.0. The Balaban J connectivity index is 0.000000505. The lowest BCUT2D eigenvalue weighted by molar-refractivity contribution is -0.192. The van der Waals surface area contributed by atoms with Crippen molar-refractivity contribution in [1.82, 2.24) is 4.98 Å². The highest BCUT2D eigenvalue weighted by molar-refractivity contribution is 7.20. The number of carbonyl (C=O) groups is 1. The molecule has 0 aliphatic heterocycles. The van der Waals surface area contributed by atoms with Crippen LogP contribution in [0.25, 0.3) is 10.2 Å². The standard InChI is InChI=1S/C19H20ClN3OS.C2HF3O2/c1-11-17-19(25-18(11)13-6-2-3-7-14(13)21)15(9-16(20)23-17)22-10-12-5-4-8-24-12;3-2(4,5)1(6)7/h2-5,8-9,13-14H,6-7,10,21H2,1H3,(H,22,23);(H,6,7)/t13-,14-;/m0./s1/i2D,3D,6D2,7D2;. The van der Waals surface area contributed by atoms with Gasteiger partial charge in [-0.25, -0.2) is 9.78 Å². The van der Waals surface area contributed by atoms with Gasteiger partial charge < -0.3 is 20.6 Å². The number of alkyl halides is 3. The summed E-state index contributed by atoms with van der Waals surface area (Å²) in [5.74, 6) is -3.19. The largest absolute Gasteiger partial charge is 0.490 e. The number of furan rings is 1. The smallest absolute Gasteiger partial charge is 0.475 e. The van der Waals surface area contributed by atoms with E-state index >= 15 is 0 Å². The lowest BCUT2D eigenvalue weighted by atomic mass is 9.87. The number of aliphatic carboxylic acids is 1. The minimum atomic E-state index is -5.08. The predicted octanol–water partition coefficient (Wildman–Crippen LogP) is 5.86. The number of carboxylic acid groups (broad SMARTS) is 1. The van der Waals surface area contributed by atoms with Gasteiger partial charge in [-0.15, -0.1) is 11.3 Å². The highest BCUT2D eigenvalue weighted by Crippen LogP contribution is 2.42. The molecule has 3 aromatic heterocycles. The van der Waals surface area contributed by atoms with Crippen LogP contribution < -0.4 is 11.1 Å². The maximum absolute atomic E-state index is 10.6. The number of nitrogens with one attached hydrogen (secondary N) is 1. The van der Waals surface area contributed by atoms with Gasteiger partial charge in [0.05, 0.1) is 31.5 Å². The van der Waals surface area contributed by atoms with Crippen LogP contribution in [-0.2, 0) is 11.3 Å². The highest BCUT2D eigenvalue weighted by atomic mass is 35.5. The van der Waals surface area contributed by atoms with Gasteiger partial charge in [-0.05, 0) is 37.4 Å². The molecule has 3 heterocycles. The van der Waals surface area contributed by atoms with Gasteiger partial charge in [0.2, 0.25) is 0 Å². The van der Waals surface area contributed by atoms with Crippen molar-refractivity contribution in [2.24, 2.45) is 5.73 Å². The Labute approximate surface area is 199 Å². The molecule has 4 rings (SSSR count). The van der Waals surface area contributed by atoms with Crippen LogP contribution in [0, 0.1) is 6.92 Å². The normalized spacial score (nSPS) is 24.8. The molecule has 0 amide bonds. The van der Waals surface area contributed by atoms with Crippen molar-refractivity contribution in [3.8, 4) is 0 Å². The van der Waals surface area contributed by atoms with E-state index < -0.39 is 49.0 Å². The van der Waals surface area contributed by atoms with Crippen molar-refractivity contribution in [3.63, 3.8) is 0 Å². The molecule has 0 unspecified atom stereocenters. The van der Waals surface area contributed by atoms with Crippen molar-refractivity contribution in [2.45, 2.75) is 44.4 Å². The number of aryl methyl sites for hydroxylation is 1. The third kappa shape index (κ3) is 5.62. The lowest BCUT2D eigenvalue weighted by Gasteiger charge is -2.24. The molecule has 1 aliphatic carbocycles. The van der Waals surface area contributed by atoms with E-state index in [0.717, 1.165) is 10.5 Å².